The summed E-state index contributed by atoms with van der Waals surface area (Å²) in [5.74, 6) is -2.80. The van der Waals surface area contributed by atoms with E-state index in [0.29, 0.717) is 31.5 Å². The van der Waals surface area contributed by atoms with Gasteiger partial charge in [0.1, 0.15) is 11.6 Å². The van der Waals surface area contributed by atoms with E-state index in [1.807, 2.05) is 45.0 Å². The molecule has 17 heteroatoms. The fraction of sp³-hybridized carbons (Fsp3) is 0.425. The van der Waals surface area contributed by atoms with Crippen molar-refractivity contribution in [2.45, 2.75) is 75.0 Å². The third-order valence-corrected chi connectivity index (χ3v) is 15.5. The van der Waals surface area contributed by atoms with E-state index in [1.54, 1.807) is 14.0 Å². The fourth-order valence-electron chi connectivity index (χ4n) is 7.86. The first-order chi connectivity index (χ1) is 26.5. The number of hydrogen-bond donors (Lipinski definition) is 1. The van der Waals surface area contributed by atoms with Crippen LogP contribution in [0.5, 0.6) is 0 Å². The molecule has 2 N–H and O–H groups in total. The van der Waals surface area contributed by atoms with Crippen LogP contribution in [-0.2, 0) is 65.5 Å². The molecule has 3 aromatic carbocycles. The van der Waals surface area contributed by atoms with Crippen LogP contribution in [0.3, 0.4) is 0 Å². The van der Waals surface area contributed by atoms with Gasteiger partial charge in [0.2, 0.25) is 10.0 Å². The molecule has 0 saturated carbocycles. The van der Waals surface area contributed by atoms with Crippen LogP contribution in [0.2, 0.25) is 0 Å². The van der Waals surface area contributed by atoms with E-state index in [2.05, 4.69) is 0 Å². The van der Waals surface area contributed by atoms with E-state index in [4.69, 9.17) is 20.6 Å². The average Bonchev–Trinajstić information content (AvgIpc) is 3.73. The number of carbonyl (C=O) groups excluding carboxylic acids is 1. The minimum absolute atomic E-state index is 0.0402. The van der Waals surface area contributed by atoms with E-state index in [-0.39, 0.29) is 61.5 Å². The second kappa shape index (κ2) is 15.4. The van der Waals surface area contributed by atoms with Crippen molar-refractivity contribution in [3.05, 3.63) is 88.9 Å². The number of nitrogen functional groups attached to an aromatic ring is 1. The number of benzene rings is 3. The maximum Gasteiger partial charge on any atom is 0.308 e. The molecule has 1 aliphatic rings. The molecule has 0 fully saturated rings. The van der Waals surface area contributed by atoms with Gasteiger partial charge in [0.15, 0.2) is 21.5 Å². The molecule has 0 aliphatic carbocycles. The van der Waals surface area contributed by atoms with Crippen molar-refractivity contribution in [2.24, 2.45) is 18.4 Å². The molecule has 3 heterocycles. The Hall–Kier alpha value is -4.48. The molecule has 6 rings (SSSR count). The molecular weight excluding hydrogens is 797 g/mol. The third-order valence-electron chi connectivity index (χ3n) is 10.8. The number of esters is 1. The Bertz CT molecular complexity index is 2660. The number of carbonyl (C=O) groups is 1. The van der Waals surface area contributed by atoms with Gasteiger partial charge < -0.3 is 10.5 Å². The summed E-state index contributed by atoms with van der Waals surface area (Å²) in [5, 5.41) is 4.99. The van der Waals surface area contributed by atoms with E-state index < -0.39 is 64.8 Å². The zero-order valence-electron chi connectivity index (χ0n) is 32.9. The molecular formula is C40H47F2N5O7S3. The predicted molar refractivity (Wildman–Crippen MR) is 215 cm³/mol. The fourth-order valence-corrected chi connectivity index (χ4v) is 12.0. The van der Waals surface area contributed by atoms with E-state index >= 15 is 8.78 Å². The van der Waals surface area contributed by atoms with Gasteiger partial charge in [-0.2, -0.15) is 5.10 Å². The lowest BCUT2D eigenvalue weighted by Crippen LogP contribution is -2.29. The molecule has 0 saturated heterocycles. The normalized spacial score (nSPS) is 20.6. The van der Waals surface area contributed by atoms with Gasteiger partial charge in [0.25, 0.3) is 0 Å². The Balaban J connectivity index is 1.56. The maximum absolute atomic E-state index is 16.4. The van der Waals surface area contributed by atoms with Crippen LogP contribution in [0.4, 0.5) is 14.5 Å². The summed E-state index contributed by atoms with van der Waals surface area (Å²) in [4.78, 5) is 16.6. The first-order valence-corrected chi connectivity index (χ1v) is 23.2. The molecule has 3 atom stereocenters. The maximum atomic E-state index is 16.4. The number of nitrogens with two attached hydrogens (primary N) is 1. The number of halogens is 2. The predicted octanol–water partition coefficient (Wildman–Crippen LogP) is 6.10. The highest BCUT2D eigenvalue weighted by Gasteiger charge is 2.37. The number of aryl methyl sites for hydroxylation is 2. The van der Waals surface area contributed by atoms with E-state index in [9.17, 15) is 25.8 Å². The van der Waals surface area contributed by atoms with Gasteiger partial charge in [-0.25, -0.2) is 43.5 Å². The van der Waals surface area contributed by atoms with Crippen molar-refractivity contribution < 1.29 is 39.4 Å². The number of hydrogen-bond acceptors (Lipinski definition) is 10. The van der Waals surface area contributed by atoms with E-state index in [1.165, 1.54) is 30.1 Å². The Morgan fingerprint density at radius 1 is 1.09 bits per heavy atom. The number of fused-ring (bicyclic) bond motifs is 8. The van der Waals surface area contributed by atoms with Gasteiger partial charge in [-0.1, -0.05) is 51.5 Å². The number of sulfone groups is 1. The molecule has 57 heavy (non-hydrogen) atoms. The number of aromatic nitrogens is 4. The van der Waals surface area contributed by atoms with Crippen molar-refractivity contribution in [2.75, 3.05) is 30.6 Å². The molecule has 1 unspecified atom stereocenters. The van der Waals surface area contributed by atoms with Crippen LogP contribution in [0.25, 0.3) is 22.3 Å². The van der Waals surface area contributed by atoms with Crippen LogP contribution in [0.1, 0.15) is 69.5 Å². The van der Waals surface area contributed by atoms with E-state index in [0.717, 1.165) is 33.5 Å². The van der Waals surface area contributed by atoms with Gasteiger partial charge in [0, 0.05) is 24.7 Å². The SMILES string of the molecule is COC(=O)[C@H](C)Cc1cccc([C@@]2(C)CCCC(C)(C)CS(=O)(=O)CCc3c(c(F)cc4c3ccn4S(C)(=O)=O)S(=O)c3cc(c(F)cc3N)-c3nc2nn3C)c1. The van der Waals surface area contributed by atoms with Crippen LogP contribution < -0.4 is 5.73 Å². The second-order valence-corrected chi connectivity index (χ2v) is 21.4. The van der Waals surface area contributed by atoms with Gasteiger partial charge in [-0.05, 0) is 72.9 Å². The molecule has 12 nitrogen and oxygen atoms in total. The van der Waals surface area contributed by atoms with Gasteiger partial charge >= 0.3 is 5.97 Å². The first kappa shape index (κ1) is 42.1. The molecule has 4 bridgehead atoms. The number of methoxy groups -OCH3 is 1. The lowest BCUT2D eigenvalue weighted by Gasteiger charge is -2.31. The molecule has 5 aromatic rings. The third kappa shape index (κ3) is 8.42. The summed E-state index contributed by atoms with van der Waals surface area (Å²) < 4.78 is 107. The monoisotopic (exact) mass is 843 g/mol. The van der Waals surface area contributed by atoms with Crippen LogP contribution >= 0.6 is 0 Å². The zero-order chi connectivity index (χ0) is 41.8. The van der Waals surface area contributed by atoms with Gasteiger partial charge in [-0.15, -0.1) is 0 Å². The summed E-state index contributed by atoms with van der Waals surface area (Å²) in [7, 11) is -7.24. The quantitative estimate of drug-likeness (QED) is 0.161. The molecule has 0 spiro atoms. The molecule has 0 amide bonds. The topological polar surface area (TPSA) is 173 Å². The summed E-state index contributed by atoms with van der Waals surface area (Å²) in [6.45, 7) is 7.47. The smallest absolute Gasteiger partial charge is 0.308 e. The number of anilines is 1. The Kier molecular flexibility index (Phi) is 11.4. The van der Waals surface area contributed by atoms with Crippen LogP contribution in [-0.4, -0.2) is 70.6 Å². The minimum Gasteiger partial charge on any atom is -0.469 e. The molecule has 1 aliphatic heterocycles. The highest BCUT2D eigenvalue weighted by atomic mass is 32.2. The lowest BCUT2D eigenvalue weighted by molar-refractivity contribution is -0.144. The summed E-state index contributed by atoms with van der Waals surface area (Å²) in [6.07, 6.45) is 3.80. The van der Waals surface area contributed by atoms with Crippen molar-refractivity contribution in [3.8, 4) is 11.4 Å². The summed E-state index contributed by atoms with van der Waals surface area (Å²) in [5.41, 5.74) is 6.03. The number of rotatable bonds is 5. The Morgan fingerprint density at radius 3 is 2.49 bits per heavy atom. The highest BCUT2D eigenvalue weighted by Crippen LogP contribution is 2.41. The highest BCUT2D eigenvalue weighted by molar-refractivity contribution is 7.91. The minimum atomic E-state index is -3.90. The van der Waals surface area contributed by atoms with Crippen LogP contribution in [0, 0.1) is 23.0 Å². The van der Waals surface area contributed by atoms with Crippen LogP contribution in [0.15, 0.2) is 64.5 Å². The Labute approximate surface area is 334 Å². The van der Waals surface area contributed by atoms with Gasteiger partial charge in [0.05, 0.1) is 73.6 Å². The van der Waals surface area contributed by atoms with Gasteiger partial charge in [-0.3, -0.25) is 4.79 Å². The Morgan fingerprint density at radius 2 is 1.81 bits per heavy atom. The van der Waals surface area contributed by atoms with Crippen molar-refractivity contribution in [3.63, 3.8) is 0 Å². The standard InChI is InChI=1S/C40H47F2N5O7S3/c1-24(37(48)54-6)18-25-10-8-11-26(19-25)40(4)15-9-14-39(2,3)23-57(52,53)17-13-28-27-12-16-47(56(7,50)51)33(27)22-31(42)35(28)55(49)34-20-29(30(41)21-32(34)43)36-44-38(40)45-46(36)5/h8,10-12,16,19-22,24H,9,13-15,17-18,23,43H2,1-7H3/t24-,40-,55?/m1/s1. The summed E-state index contributed by atoms with van der Waals surface area (Å²) >= 11 is 0. The number of nitrogens with zero attached hydrogens (tertiary/aromatic N) is 4. The molecule has 306 valence electrons. The second-order valence-electron chi connectivity index (χ2n) is 16.0. The number of ether oxygens (including phenoxy) is 1. The van der Waals surface area contributed by atoms with Crippen molar-refractivity contribution in [1.82, 2.24) is 18.7 Å². The molecule has 0 radical (unpaired) electrons. The van der Waals surface area contributed by atoms with Crippen molar-refractivity contribution in [1.29, 1.82) is 0 Å². The lowest BCUT2D eigenvalue weighted by atomic mass is 9.75. The molecule has 2 aromatic heterocycles. The summed E-state index contributed by atoms with van der Waals surface area (Å²) in [6, 6.07) is 12.3. The largest absolute Gasteiger partial charge is 0.469 e. The first-order valence-electron chi connectivity index (χ1n) is 18.4. The zero-order valence-corrected chi connectivity index (χ0v) is 35.4. The average molecular weight is 844 g/mol. The van der Waals surface area contributed by atoms with Crippen molar-refractivity contribution >= 4 is 53.2 Å².